The SMILES string of the molecule is Cc1cccc(-c2nccc(Nc3ccnc(Cc4nc(C5=CCNC5)cs4)n3)n2)n1. The lowest BCUT2D eigenvalue weighted by Crippen LogP contribution is -2.07. The lowest BCUT2D eigenvalue weighted by molar-refractivity contribution is 0.895. The first-order valence-corrected chi connectivity index (χ1v) is 10.8. The maximum absolute atomic E-state index is 4.74. The number of hydrogen-bond donors (Lipinski definition) is 2. The van der Waals surface area contributed by atoms with Crippen LogP contribution >= 0.6 is 11.3 Å². The number of anilines is 2. The molecule has 0 saturated carbocycles. The van der Waals surface area contributed by atoms with Crippen LogP contribution < -0.4 is 10.6 Å². The Kier molecular flexibility index (Phi) is 5.42. The zero-order valence-corrected chi connectivity index (χ0v) is 17.7. The number of nitrogens with zero attached hydrogens (tertiary/aromatic N) is 6. The van der Waals surface area contributed by atoms with Gasteiger partial charge in [-0.05, 0) is 36.8 Å². The average Bonchev–Trinajstić information content (AvgIpc) is 3.46. The standard InChI is InChI=1S/C22H20N8S/c1-14-3-2-4-16(26-14)22-25-10-7-19(30-22)28-18-6-9-24-20(29-18)11-21-27-17(13-31-21)15-5-8-23-12-15/h2-7,9-10,13,23H,8,11-12H2,1H3,(H,24,25,28,29,30). The van der Waals surface area contributed by atoms with Gasteiger partial charge in [0.2, 0.25) is 0 Å². The van der Waals surface area contributed by atoms with Crippen molar-refractivity contribution in [3.8, 4) is 11.5 Å². The van der Waals surface area contributed by atoms with Crippen LogP contribution in [0.1, 0.15) is 22.2 Å². The van der Waals surface area contributed by atoms with Crippen LogP contribution in [0.4, 0.5) is 11.6 Å². The molecule has 5 heterocycles. The lowest BCUT2D eigenvalue weighted by Gasteiger charge is -2.07. The van der Waals surface area contributed by atoms with Crippen molar-refractivity contribution in [2.24, 2.45) is 0 Å². The zero-order valence-electron chi connectivity index (χ0n) is 16.9. The van der Waals surface area contributed by atoms with Crippen LogP contribution in [-0.2, 0) is 6.42 Å². The Morgan fingerprint density at radius 2 is 1.84 bits per heavy atom. The first-order chi connectivity index (χ1) is 15.2. The Bertz CT molecular complexity index is 1250. The van der Waals surface area contributed by atoms with Crippen LogP contribution in [0.5, 0.6) is 0 Å². The molecular formula is C22H20N8S. The molecule has 0 atom stereocenters. The molecule has 8 nitrogen and oxygen atoms in total. The minimum absolute atomic E-state index is 0.564. The zero-order chi connectivity index (χ0) is 21.0. The normalized spacial score (nSPS) is 13.3. The number of pyridine rings is 1. The molecule has 5 rings (SSSR count). The maximum atomic E-state index is 4.74. The van der Waals surface area contributed by atoms with Gasteiger partial charge in [-0.1, -0.05) is 12.1 Å². The second kappa shape index (κ2) is 8.66. The summed E-state index contributed by atoms with van der Waals surface area (Å²) in [4.78, 5) is 27.2. The summed E-state index contributed by atoms with van der Waals surface area (Å²) in [6.45, 7) is 3.73. The van der Waals surface area contributed by atoms with E-state index in [0.717, 1.165) is 35.2 Å². The second-order valence-electron chi connectivity index (χ2n) is 7.08. The van der Waals surface area contributed by atoms with Crippen molar-refractivity contribution in [3.63, 3.8) is 0 Å². The molecule has 1 aliphatic rings. The van der Waals surface area contributed by atoms with Crippen molar-refractivity contribution in [2.75, 3.05) is 18.4 Å². The molecule has 9 heteroatoms. The third kappa shape index (κ3) is 4.62. The Balaban J connectivity index is 1.31. The Morgan fingerprint density at radius 1 is 0.968 bits per heavy atom. The van der Waals surface area contributed by atoms with Crippen molar-refractivity contribution in [3.05, 3.63) is 76.4 Å². The largest absolute Gasteiger partial charge is 0.325 e. The molecule has 0 amide bonds. The molecular weight excluding hydrogens is 408 g/mol. The maximum Gasteiger partial charge on any atom is 0.180 e. The molecule has 0 bridgehead atoms. The van der Waals surface area contributed by atoms with Gasteiger partial charge in [0.05, 0.1) is 12.1 Å². The van der Waals surface area contributed by atoms with Gasteiger partial charge in [0.1, 0.15) is 28.2 Å². The molecule has 0 spiro atoms. The van der Waals surface area contributed by atoms with E-state index in [1.165, 1.54) is 5.57 Å². The minimum Gasteiger partial charge on any atom is -0.325 e. The first kappa shape index (κ1) is 19.4. The van der Waals surface area contributed by atoms with E-state index in [1.807, 2.05) is 31.2 Å². The average molecular weight is 429 g/mol. The van der Waals surface area contributed by atoms with Gasteiger partial charge in [0, 0.05) is 36.6 Å². The second-order valence-corrected chi connectivity index (χ2v) is 8.02. The lowest BCUT2D eigenvalue weighted by atomic mass is 10.2. The van der Waals surface area contributed by atoms with Crippen molar-refractivity contribution in [2.45, 2.75) is 13.3 Å². The summed E-state index contributed by atoms with van der Waals surface area (Å²) < 4.78 is 0. The Labute approximate surface area is 183 Å². The van der Waals surface area contributed by atoms with E-state index in [2.05, 4.69) is 47.0 Å². The van der Waals surface area contributed by atoms with Gasteiger partial charge in [-0.2, -0.15) is 0 Å². The van der Waals surface area contributed by atoms with Crippen LogP contribution in [0.15, 0.2) is 54.2 Å². The van der Waals surface area contributed by atoms with E-state index >= 15 is 0 Å². The van der Waals surface area contributed by atoms with E-state index in [9.17, 15) is 0 Å². The summed E-state index contributed by atoms with van der Waals surface area (Å²) in [7, 11) is 0. The number of hydrogen-bond acceptors (Lipinski definition) is 9. The van der Waals surface area contributed by atoms with Crippen LogP contribution in [0, 0.1) is 6.92 Å². The molecule has 4 aromatic heterocycles. The molecule has 0 aromatic carbocycles. The third-order valence-corrected chi connectivity index (χ3v) is 5.58. The topological polar surface area (TPSA) is 101 Å². The van der Waals surface area contributed by atoms with Crippen LogP contribution in [0.25, 0.3) is 17.1 Å². The van der Waals surface area contributed by atoms with Crippen LogP contribution in [0.3, 0.4) is 0 Å². The van der Waals surface area contributed by atoms with Gasteiger partial charge < -0.3 is 10.6 Å². The summed E-state index contributed by atoms with van der Waals surface area (Å²) >= 11 is 1.63. The van der Waals surface area contributed by atoms with Gasteiger partial charge >= 0.3 is 0 Å². The van der Waals surface area contributed by atoms with E-state index in [-0.39, 0.29) is 0 Å². The quantitative estimate of drug-likeness (QED) is 0.482. The summed E-state index contributed by atoms with van der Waals surface area (Å²) in [5, 5.41) is 9.63. The highest BCUT2D eigenvalue weighted by molar-refractivity contribution is 7.09. The van der Waals surface area contributed by atoms with Gasteiger partial charge in [-0.15, -0.1) is 11.3 Å². The van der Waals surface area contributed by atoms with E-state index in [4.69, 9.17) is 4.98 Å². The fourth-order valence-electron chi connectivity index (χ4n) is 3.25. The Hall–Kier alpha value is -3.56. The molecule has 0 aliphatic carbocycles. The monoisotopic (exact) mass is 428 g/mol. The van der Waals surface area contributed by atoms with Crippen molar-refractivity contribution in [1.82, 2.24) is 35.2 Å². The van der Waals surface area contributed by atoms with Crippen molar-refractivity contribution in [1.29, 1.82) is 0 Å². The minimum atomic E-state index is 0.564. The number of rotatable bonds is 6. The van der Waals surface area contributed by atoms with Gasteiger partial charge in [0.25, 0.3) is 0 Å². The summed E-state index contributed by atoms with van der Waals surface area (Å²) in [5.74, 6) is 2.59. The number of aryl methyl sites for hydroxylation is 1. The summed E-state index contributed by atoms with van der Waals surface area (Å²) in [5.41, 5.74) is 3.95. The number of nitrogens with one attached hydrogen (secondary N) is 2. The molecule has 0 fully saturated rings. The molecule has 154 valence electrons. The van der Waals surface area contributed by atoms with Crippen molar-refractivity contribution < 1.29 is 0 Å². The molecule has 4 aromatic rings. The van der Waals surface area contributed by atoms with Crippen molar-refractivity contribution >= 4 is 28.5 Å². The highest BCUT2D eigenvalue weighted by Crippen LogP contribution is 2.21. The predicted molar refractivity (Wildman–Crippen MR) is 121 cm³/mol. The molecule has 0 saturated heterocycles. The first-order valence-electron chi connectivity index (χ1n) is 9.93. The number of thiazole rings is 1. The van der Waals surface area contributed by atoms with E-state index < -0.39 is 0 Å². The third-order valence-electron chi connectivity index (χ3n) is 4.73. The van der Waals surface area contributed by atoms with Gasteiger partial charge in [-0.3, -0.25) is 0 Å². The van der Waals surface area contributed by atoms with E-state index in [0.29, 0.717) is 29.7 Å². The molecule has 31 heavy (non-hydrogen) atoms. The predicted octanol–water partition coefficient (Wildman–Crippen LogP) is 3.41. The highest BCUT2D eigenvalue weighted by Gasteiger charge is 2.12. The Morgan fingerprint density at radius 3 is 2.68 bits per heavy atom. The summed E-state index contributed by atoms with van der Waals surface area (Å²) in [6, 6.07) is 9.41. The highest BCUT2D eigenvalue weighted by atomic mass is 32.1. The molecule has 2 N–H and O–H groups in total. The molecule has 0 unspecified atom stereocenters. The van der Waals surface area contributed by atoms with Crippen LogP contribution in [0.2, 0.25) is 0 Å². The van der Waals surface area contributed by atoms with Crippen LogP contribution in [-0.4, -0.2) is 43.0 Å². The number of aromatic nitrogens is 6. The fraction of sp³-hybridized carbons (Fsp3) is 0.182. The fourth-order valence-corrected chi connectivity index (χ4v) is 4.06. The summed E-state index contributed by atoms with van der Waals surface area (Å²) in [6.07, 6.45) is 6.22. The molecule has 0 radical (unpaired) electrons. The molecule has 1 aliphatic heterocycles. The van der Waals surface area contributed by atoms with Gasteiger partial charge in [0.15, 0.2) is 5.82 Å². The smallest absolute Gasteiger partial charge is 0.180 e. The van der Waals surface area contributed by atoms with E-state index in [1.54, 1.807) is 29.8 Å². The van der Waals surface area contributed by atoms with Gasteiger partial charge in [-0.25, -0.2) is 29.9 Å².